The molecule has 0 aliphatic rings. The number of thioether (sulfide) groups is 1. The van der Waals surface area contributed by atoms with E-state index in [0.717, 1.165) is 17.7 Å². The third kappa shape index (κ3) is 7.20. The summed E-state index contributed by atoms with van der Waals surface area (Å²) in [5.41, 5.74) is 3.45. The van der Waals surface area contributed by atoms with Gasteiger partial charge in [0.2, 0.25) is 5.91 Å². The van der Waals surface area contributed by atoms with E-state index in [9.17, 15) is 4.79 Å². The van der Waals surface area contributed by atoms with E-state index >= 15 is 0 Å². The van der Waals surface area contributed by atoms with Crippen LogP contribution in [-0.2, 0) is 29.2 Å². The van der Waals surface area contributed by atoms with Gasteiger partial charge in [0.05, 0.1) is 13.2 Å². The van der Waals surface area contributed by atoms with Crippen LogP contribution >= 0.6 is 11.8 Å². The fraction of sp³-hybridized carbons (Fsp3) is 0.381. The number of ether oxygens (including phenoxy) is 1. The second-order valence-corrected chi connectivity index (χ2v) is 7.13. The first-order valence-corrected chi connectivity index (χ1v) is 10.1. The number of carbonyl (C=O) groups is 1. The van der Waals surface area contributed by atoms with Gasteiger partial charge in [-0.2, -0.15) is 0 Å². The third-order valence-corrected chi connectivity index (χ3v) is 4.75. The first-order valence-electron chi connectivity index (χ1n) is 8.84. The minimum absolute atomic E-state index is 0.0339. The fourth-order valence-electron chi connectivity index (χ4n) is 2.57. The molecule has 0 aliphatic carbocycles. The molecule has 0 unspecified atom stereocenters. The van der Waals surface area contributed by atoms with Crippen molar-refractivity contribution in [2.24, 2.45) is 0 Å². The van der Waals surface area contributed by atoms with Gasteiger partial charge in [-0.15, -0.1) is 11.8 Å². The highest BCUT2D eigenvalue weighted by molar-refractivity contribution is 7.98. The Bertz CT molecular complexity index is 671. The van der Waals surface area contributed by atoms with Crippen molar-refractivity contribution < 1.29 is 9.53 Å². The number of nitrogens with one attached hydrogen (secondary N) is 1. The summed E-state index contributed by atoms with van der Waals surface area (Å²) in [5, 5.41) is 2.98. The maximum Gasteiger partial charge on any atom is 0.234 e. The zero-order chi connectivity index (χ0) is 18.8. The lowest BCUT2D eigenvalue weighted by molar-refractivity contribution is -0.122. The van der Waals surface area contributed by atoms with Crippen LogP contribution < -0.4 is 5.32 Å². The molecule has 2 aromatic rings. The van der Waals surface area contributed by atoms with E-state index in [0.29, 0.717) is 26.3 Å². The van der Waals surface area contributed by atoms with E-state index in [4.69, 9.17) is 4.74 Å². The molecule has 0 aliphatic heterocycles. The average Bonchev–Trinajstić information content (AvgIpc) is 2.66. The van der Waals surface area contributed by atoms with Gasteiger partial charge < -0.3 is 10.1 Å². The highest BCUT2D eigenvalue weighted by atomic mass is 32.2. The van der Waals surface area contributed by atoms with E-state index in [1.165, 1.54) is 10.5 Å². The maximum atomic E-state index is 12.1. The van der Waals surface area contributed by atoms with Crippen LogP contribution in [0, 0.1) is 0 Å². The molecule has 0 saturated heterocycles. The highest BCUT2D eigenvalue weighted by Gasteiger charge is 2.07. The zero-order valence-corrected chi connectivity index (χ0v) is 16.6. The topological polar surface area (TPSA) is 41.6 Å². The Morgan fingerprint density at radius 1 is 1.04 bits per heavy atom. The van der Waals surface area contributed by atoms with E-state index in [2.05, 4.69) is 35.8 Å². The Labute approximate surface area is 160 Å². The van der Waals surface area contributed by atoms with E-state index in [-0.39, 0.29) is 5.91 Å². The number of carbonyl (C=O) groups excluding carboxylic acids is 1. The molecule has 0 atom stereocenters. The summed E-state index contributed by atoms with van der Waals surface area (Å²) in [6, 6.07) is 16.6. The van der Waals surface area contributed by atoms with Gasteiger partial charge >= 0.3 is 0 Å². The Morgan fingerprint density at radius 2 is 1.65 bits per heavy atom. The molecular weight excluding hydrogens is 344 g/mol. The first kappa shape index (κ1) is 20.5. The lowest BCUT2D eigenvalue weighted by Crippen LogP contribution is -2.34. The van der Waals surface area contributed by atoms with Crippen LogP contribution in [0.15, 0.2) is 53.4 Å². The van der Waals surface area contributed by atoms with Gasteiger partial charge in [0.1, 0.15) is 0 Å². The minimum atomic E-state index is 0.0339. The van der Waals surface area contributed by atoms with Crippen LogP contribution in [0.3, 0.4) is 0 Å². The quantitative estimate of drug-likeness (QED) is 0.646. The molecular formula is C21H28N2O2S. The monoisotopic (exact) mass is 372 g/mol. The zero-order valence-electron chi connectivity index (χ0n) is 15.8. The van der Waals surface area contributed by atoms with Crippen molar-refractivity contribution in [1.82, 2.24) is 10.2 Å². The predicted octanol–water partition coefficient (Wildman–Crippen LogP) is 3.69. The van der Waals surface area contributed by atoms with Gasteiger partial charge in [0.15, 0.2) is 0 Å². The standard InChI is InChI=1S/C21H28N2O2S/c1-4-25-16-19-7-5-17(6-8-19)13-22-21(24)15-23(2)14-18-9-11-20(26-3)12-10-18/h5-12H,4,13-16H2,1-3H3,(H,22,24). The second-order valence-electron chi connectivity index (χ2n) is 6.25. The third-order valence-electron chi connectivity index (χ3n) is 4.01. The molecule has 0 radical (unpaired) electrons. The molecule has 0 fully saturated rings. The van der Waals surface area contributed by atoms with E-state index in [1.54, 1.807) is 11.8 Å². The minimum Gasteiger partial charge on any atom is -0.377 e. The van der Waals surface area contributed by atoms with Crippen molar-refractivity contribution in [3.63, 3.8) is 0 Å². The van der Waals surface area contributed by atoms with Gasteiger partial charge in [-0.1, -0.05) is 36.4 Å². The molecule has 0 spiro atoms. The number of amides is 1. The molecule has 0 aromatic heterocycles. The van der Waals surface area contributed by atoms with Gasteiger partial charge in [0, 0.05) is 24.6 Å². The predicted molar refractivity (Wildman–Crippen MR) is 108 cm³/mol. The van der Waals surface area contributed by atoms with Crippen LogP contribution in [0.1, 0.15) is 23.6 Å². The molecule has 1 amide bonds. The Morgan fingerprint density at radius 3 is 2.27 bits per heavy atom. The molecule has 4 nitrogen and oxygen atoms in total. The van der Waals surface area contributed by atoms with Crippen LogP contribution in [0.2, 0.25) is 0 Å². The molecule has 5 heteroatoms. The van der Waals surface area contributed by atoms with Gasteiger partial charge in [-0.3, -0.25) is 9.69 Å². The maximum absolute atomic E-state index is 12.1. The van der Waals surface area contributed by atoms with Crippen LogP contribution in [0.4, 0.5) is 0 Å². The highest BCUT2D eigenvalue weighted by Crippen LogP contribution is 2.15. The average molecular weight is 373 g/mol. The SMILES string of the molecule is CCOCc1ccc(CNC(=O)CN(C)Cc2ccc(SC)cc2)cc1. The molecule has 0 saturated carbocycles. The molecule has 2 aromatic carbocycles. The molecule has 26 heavy (non-hydrogen) atoms. The van der Waals surface area contributed by atoms with Crippen LogP contribution in [0.25, 0.3) is 0 Å². The number of rotatable bonds is 10. The molecule has 2 rings (SSSR count). The second kappa shape index (κ2) is 11.0. The lowest BCUT2D eigenvalue weighted by Gasteiger charge is -2.16. The summed E-state index contributed by atoms with van der Waals surface area (Å²) >= 11 is 1.73. The van der Waals surface area contributed by atoms with Crippen LogP contribution in [-0.4, -0.2) is 37.3 Å². The van der Waals surface area contributed by atoms with Gasteiger partial charge in [-0.05, 0) is 49.1 Å². The van der Waals surface area contributed by atoms with Crippen molar-refractivity contribution in [2.75, 3.05) is 26.5 Å². The number of hydrogen-bond donors (Lipinski definition) is 1. The number of likely N-dealkylation sites (N-methyl/N-ethyl adjacent to an activating group) is 1. The first-order chi connectivity index (χ1) is 12.6. The van der Waals surface area contributed by atoms with Crippen molar-refractivity contribution in [3.8, 4) is 0 Å². The number of benzene rings is 2. The molecule has 0 bridgehead atoms. The van der Waals surface area contributed by atoms with E-state index in [1.807, 2.05) is 43.1 Å². The van der Waals surface area contributed by atoms with Gasteiger partial charge in [0.25, 0.3) is 0 Å². The smallest absolute Gasteiger partial charge is 0.234 e. The number of hydrogen-bond acceptors (Lipinski definition) is 4. The lowest BCUT2D eigenvalue weighted by atomic mass is 10.1. The Hall–Kier alpha value is -1.82. The fourth-order valence-corrected chi connectivity index (χ4v) is 2.98. The molecule has 0 heterocycles. The summed E-state index contributed by atoms with van der Waals surface area (Å²) in [5.74, 6) is 0.0339. The summed E-state index contributed by atoms with van der Waals surface area (Å²) in [4.78, 5) is 15.4. The summed E-state index contributed by atoms with van der Waals surface area (Å²) < 4.78 is 5.39. The van der Waals surface area contributed by atoms with E-state index < -0.39 is 0 Å². The van der Waals surface area contributed by atoms with Crippen molar-refractivity contribution >= 4 is 17.7 Å². The van der Waals surface area contributed by atoms with Crippen molar-refractivity contribution in [3.05, 3.63) is 65.2 Å². The number of nitrogens with zero attached hydrogens (tertiary/aromatic N) is 1. The Kier molecular flexibility index (Phi) is 8.68. The molecule has 1 N–H and O–H groups in total. The van der Waals surface area contributed by atoms with Crippen molar-refractivity contribution in [2.45, 2.75) is 31.5 Å². The summed E-state index contributed by atoms with van der Waals surface area (Å²) in [7, 11) is 1.96. The summed E-state index contributed by atoms with van der Waals surface area (Å²) in [6.07, 6.45) is 2.07. The normalized spacial score (nSPS) is 10.9. The van der Waals surface area contributed by atoms with Crippen LogP contribution in [0.5, 0.6) is 0 Å². The largest absolute Gasteiger partial charge is 0.377 e. The molecule has 140 valence electrons. The summed E-state index contributed by atoms with van der Waals surface area (Å²) in [6.45, 7) is 5.02. The van der Waals surface area contributed by atoms with Crippen molar-refractivity contribution in [1.29, 1.82) is 0 Å². The Balaban J connectivity index is 1.73. The van der Waals surface area contributed by atoms with Gasteiger partial charge in [-0.25, -0.2) is 0 Å².